The topological polar surface area (TPSA) is 89.3 Å². The van der Waals surface area contributed by atoms with Crippen molar-refractivity contribution in [1.82, 2.24) is 5.32 Å². The Kier molecular flexibility index (Phi) is 4.95. The Morgan fingerprint density at radius 1 is 1.47 bits per heavy atom. The number of benzene rings is 1. The molecule has 1 amide bonds. The van der Waals surface area contributed by atoms with E-state index >= 15 is 0 Å². The molecule has 1 rings (SSSR count). The van der Waals surface area contributed by atoms with E-state index in [2.05, 4.69) is 5.32 Å². The van der Waals surface area contributed by atoms with E-state index in [0.29, 0.717) is 5.56 Å². The Balaban J connectivity index is 3.25. The number of halogens is 1. The Morgan fingerprint density at radius 2 is 2.05 bits per heavy atom. The fourth-order valence-corrected chi connectivity index (χ4v) is 2.59. The number of carbonyl (C=O) groups excluding carboxylic acids is 1. The van der Waals surface area contributed by atoms with Crippen LogP contribution in [0.5, 0.6) is 0 Å². The zero-order chi connectivity index (χ0) is 14.8. The Bertz CT molecular complexity index is 599. The quantitative estimate of drug-likeness (QED) is 0.889. The molecule has 0 aliphatic rings. The van der Waals surface area contributed by atoms with E-state index in [1.807, 2.05) is 13.8 Å². The molecule has 0 heterocycles. The number of nitrogens with two attached hydrogens (primary N) is 1. The molecular formula is C12H17ClN2O3S. The fourth-order valence-electron chi connectivity index (χ4n) is 1.49. The van der Waals surface area contributed by atoms with Gasteiger partial charge >= 0.3 is 0 Å². The fraction of sp³-hybridized carbons (Fsp3) is 0.417. The predicted octanol–water partition coefficient (Wildman–Crippen LogP) is 1.82. The number of primary sulfonamides is 1. The molecule has 0 saturated carbocycles. The van der Waals surface area contributed by atoms with Crippen molar-refractivity contribution < 1.29 is 13.2 Å². The number of rotatable bonds is 4. The van der Waals surface area contributed by atoms with Crippen LogP contribution in [0, 0.1) is 6.92 Å². The van der Waals surface area contributed by atoms with Crippen molar-refractivity contribution in [3.05, 3.63) is 28.3 Å². The average molecular weight is 305 g/mol. The monoisotopic (exact) mass is 304 g/mol. The standard InChI is InChI=1S/C12H17ClN2O3S/c1-4-7(2)15-12(16)9-5-10(13)8(3)11(6-9)19(14,17)18/h5-7H,4H2,1-3H3,(H,15,16)(H2,14,17,18). The molecule has 1 atom stereocenters. The molecule has 0 fully saturated rings. The first-order valence-electron chi connectivity index (χ1n) is 5.80. The summed E-state index contributed by atoms with van der Waals surface area (Å²) < 4.78 is 22.9. The maximum absolute atomic E-state index is 12.0. The Labute approximate surface area is 118 Å². The van der Waals surface area contributed by atoms with Gasteiger partial charge in [0.15, 0.2) is 0 Å². The average Bonchev–Trinajstić information content (AvgIpc) is 2.30. The van der Waals surface area contributed by atoms with Crippen LogP contribution in [0.1, 0.15) is 36.2 Å². The Hall–Kier alpha value is -1.11. The second-order valence-electron chi connectivity index (χ2n) is 4.41. The molecule has 7 heteroatoms. The predicted molar refractivity (Wildman–Crippen MR) is 74.8 cm³/mol. The zero-order valence-electron chi connectivity index (χ0n) is 11.0. The number of nitrogens with one attached hydrogen (secondary N) is 1. The number of sulfonamides is 1. The summed E-state index contributed by atoms with van der Waals surface area (Å²) in [5.74, 6) is -0.374. The highest BCUT2D eigenvalue weighted by atomic mass is 35.5. The smallest absolute Gasteiger partial charge is 0.251 e. The zero-order valence-corrected chi connectivity index (χ0v) is 12.6. The van der Waals surface area contributed by atoms with Gasteiger partial charge < -0.3 is 5.32 Å². The van der Waals surface area contributed by atoms with Crippen molar-refractivity contribution in [2.45, 2.75) is 38.1 Å². The van der Waals surface area contributed by atoms with E-state index in [1.54, 1.807) is 6.92 Å². The van der Waals surface area contributed by atoms with Crippen LogP contribution >= 0.6 is 11.6 Å². The molecule has 0 radical (unpaired) electrons. The maximum atomic E-state index is 12.0. The molecule has 0 aliphatic carbocycles. The molecule has 1 unspecified atom stereocenters. The van der Waals surface area contributed by atoms with Gasteiger partial charge in [0, 0.05) is 16.6 Å². The van der Waals surface area contributed by atoms with Gasteiger partial charge in [0.1, 0.15) is 0 Å². The van der Waals surface area contributed by atoms with E-state index in [4.69, 9.17) is 16.7 Å². The third kappa shape index (κ3) is 3.92. The molecule has 19 heavy (non-hydrogen) atoms. The first kappa shape index (κ1) is 15.9. The van der Waals surface area contributed by atoms with Crippen LogP contribution in [-0.2, 0) is 10.0 Å². The minimum absolute atomic E-state index is 0.00878. The van der Waals surface area contributed by atoms with E-state index < -0.39 is 10.0 Å². The normalized spacial score (nSPS) is 13.1. The molecule has 0 aliphatic heterocycles. The first-order valence-corrected chi connectivity index (χ1v) is 7.73. The van der Waals surface area contributed by atoms with Crippen molar-refractivity contribution >= 4 is 27.5 Å². The second-order valence-corrected chi connectivity index (χ2v) is 6.35. The molecule has 3 N–H and O–H groups in total. The van der Waals surface area contributed by atoms with Crippen molar-refractivity contribution in [3.8, 4) is 0 Å². The SMILES string of the molecule is CCC(C)NC(=O)c1cc(Cl)c(C)c(S(N)(=O)=O)c1. The summed E-state index contributed by atoms with van der Waals surface area (Å²) >= 11 is 5.94. The van der Waals surface area contributed by atoms with E-state index in [-0.39, 0.29) is 27.4 Å². The van der Waals surface area contributed by atoms with Crippen LogP contribution in [0.2, 0.25) is 5.02 Å². The molecule has 0 saturated heterocycles. The number of amides is 1. The van der Waals surface area contributed by atoms with Gasteiger partial charge in [0.05, 0.1) is 4.90 Å². The summed E-state index contributed by atoms with van der Waals surface area (Å²) in [4.78, 5) is 11.8. The van der Waals surface area contributed by atoms with Gasteiger partial charge in [0.2, 0.25) is 10.0 Å². The minimum atomic E-state index is -3.91. The van der Waals surface area contributed by atoms with Gasteiger partial charge in [-0.05, 0) is 38.0 Å². The van der Waals surface area contributed by atoms with Crippen LogP contribution in [0.25, 0.3) is 0 Å². The van der Waals surface area contributed by atoms with Crippen molar-refractivity contribution in [2.24, 2.45) is 5.14 Å². The molecular weight excluding hydrogens is 288 g/mol. The lowest BCUT2D eigenvalue weighted by Crippen LogP contribution is -2.32. The third-order valence-corrected chi connectivity index (χ3v) is 4.28. The molecule has 5 nitrogen and oxygen atoms in total. The van der Waals surface area contributed by atoms with Crippen molar-refractivity contribution in [3.63, 3.8) is 0 Å². The number of hydrogen-bond acceptors (Lipinski definition) is 3. The van der Waals surface area contributed by atoms with Gasteiger partial charge in [-0.25, -0.2) is 13.6 Å². The van der Waals surface area contributed by atoms with Crippen molar-refractivity contribution in [1.29, 1.82) is 0 Å². The van der Waals surface area contributed by atoms with Crippen LogP contribution in [-0.4, -0.2) is 20.4 Å². The lowest BCUT2D eigenvalue weighted by atomic mass is 10.1. The van der Waals surface area contributed by atoms with E-state index in [0.717, 1.165) is 6.42 Å². The summed E-state index contributed by atoms with van der Waals surface area (Å²) in [5, 5.41) is 8.04. The van der Waals surface area contributed by atoms with Crippen LogP contribution in [0.3, 0.4) is 0 Å². The lowest BCUT2D eigenvalue weighted by Gasteiger charge is -2.13. The molecule has 0 bridgehead atoms. The van der Waals surface area contributed by atoms with Crippen LogP contribution in [0.4, 0.5) is 0 Å². The number of carbonyl (C=O) groups is 1. The highest BCUT2D eigenvalue weighted by Gasteiger charge is 2.18. The third-order valence-electron chi connectivity index (χ3n) is 2.86. The molecule has 106 valence electrons. The number of hydrogen-bond donors (Lipinski definition) is 2. The Morgan fingerprint density at radius 3 is 2.53 bits per heavy atom. The minimum Gasteiger partial charge on any atom is -0.350 e. The van der Waals surface area contributed by atoms with Gasteiger partial charge in [-0.2, -0.15) is 0 Å². The summed E-state index contributed by atoms with van der Waals surface area (Å²) in [7, 11) is -3.91. The second kappa shape index (κ2) is 5.90. The maximum Gasteiger partial charge on any atom is 0.251 e. The summed E-state index contributed by atoms with van der Waals surface area (Å²) in [6, 6.07) is 2.67. The highest BCUT2D eigenvalue weighted by Crippen LogP contribution is 2.24. The summed E-state index contributed by atoms with van der Waals surface area (Å²) in [5.41, 5.74) is 0.518. The van der Waals surface area contributed by atoms with Gasteiger partial charge in [-0.3, -0.25) is 4.79 Å². The lowest BCUT2D eigenvalue weighted by molar-refractivity contribution is 0.0939. The van der Waals surface area contributed by atoms with Gasteiger partial charge in [-0.15, -0.1) is 0 Å². The summed E-state index contributed by atoms with van der Waals surface area (Å²) in [6.07, 6.45) is 0.771. The van der Waals surface area contributed by atoms with Crippen LogP contribution in [0.15, 0.2) is 17.0 Å². The molecule has 1 aromatic rings. The van der Waals surface area contributed by atoms with Crippen molar-refractivity contribution in [2.75, 3.05) is 0 Å². The van der Waals surface area contributed by atoms with Gasteiger partial charge in [0.25, 0.3) is 5.91 Å². The van der Waals surface area contributed by atoms with Gasteiger partial charge in [-0.1, -0.05) is 18.5 Å². The summed E-state index contributed by atoms with van der Waals surface area (Å²) in [6.45, 7) is 5.33. The highest BCUT2D eigenvalue weighted by molar-refractivity contribution is 7.89. The molecule has 1 aromatic carbocycles. The molecule has 0 aromatic heterocycles. The van der Waals surface area contributed by atoms with E-state index in [9.17, 15) is 13.2 Å². The van der Waals surface area contributed by atoms with Crippen LogP contribution < -0.4 is 10.5 Å². The largest absolute Gasteiger partial charge is 0.350 e. The molecule has 0 spiro atoms. The van der Waals surface area contributed by atoms with E-state index in [1.165, 1.54) is 12.1 Å². The first-order chi connectivity index (χ1) is 8.66.